The van der Waals surface area contributed by atoms with E-state index in [1.807, 2.05) is 66.7 Å². The summed E-state index contributed by atoms with van der Waals surface area (Å²) in [5.41, 5.74) is 9.99. The van der Waals surface area contributed by atoms with E-state index in [0.717, 1.165) is 59.9 Å². The van der Waals surface area contributed by atoms with Gasteiger partial charge in [-0.3, -0.25) is 14.5 Å². The highest BCUT2D eigenvalue weighted by Gasteiger charge is 2.22. The molecule has 1 aliphatic rings. The molecule has 2 N–H and O–H groups in total. The summed E-state index contributed by atoms with van der Waals surface area (Å²) in [5, 5.41) is 0. The highest BCUT2D eigenvalue weighted by atomic mass is 79.9. The zero-order valence-electron chi connectivity index (χ0n) is 26.6. The molecule has 4 rings (SSSR count). The summed E-state index contributed by atoms with van der Waals surface area (Å²) >= 11 is 3.51. The summed E-state index contributed by atoms with van der Waals surface area (Å²) in [6.45, 7) is 6.14. The lowest BCUT2D eigenvalue weighted by Crippen LogP contribution is -2.36. The van der Waals surface area contributed by atoms with Crippen molar-refractivity contribution in [3.63, 3.8) is 0 Å². The number of nitrogens with zero attached hydrogens (tertiary/aromatic N) is 1. The second-order valence-electron chi connectivity index (χ2n) is 11.3. The van der Waals surface area contributed by atoms with E-state index in [4.69, 9.17) is 15.2 Å². The van der Waals surface area contributed by atoms with Gasteiger partial charge in [0, 0.05) is 35.1 Å². The molecule has 250 valence electrons. The van der Waals surface area contributed by atoms with Crippen molar-refractivity contribution in [2.24, 2.45) is 0 Å². The van der Waals surface area contributed by atoms with Crippen LogP contribution in [0.2, 0.25) is 0 Å². The van der Waals surface area contributed by atoms with Gasteiger partial charge in [0.25, 0.3) is 0 Å². The van der Waals surface area contributed by atoms with E-state index in [-0.39, 0.29) is 25.1 Å². The molecule has 0 spiro atoms. The lowest BCUT2D eigenvalue weighted by molar-refractivity contribution is -0.141. The number of unbranched alkanes of at least 4 members (excludes halogenated alkanes) is 3. The topological polar surface area (TPSA) is 98.9 Å². The highest BCUT2D eigenvalue weighted by molar-refractivity contribution is 9.10. The zero-order valence-corrected chi connectivity index (χ0v) is 28.2. The Kier molecular flexibility index (Phi) is 17.9. The van der Waals surface area contributed by atoms with Crippen LogP contribution >= 0.6 is 15.9 Å². The van der Waals surface area contributed by atoms with E-state index in [1.54, 1.807) is 6.07 Å². The molecule has 1 fully saturated rings. The number of hydrogen-bond donors (Lipinski definition) is 1. The second kappa shape index (κ2) is 21.3. The summed E-state index contributed by atoms with van der Waals surface area (Å²) in [7, 11) is 0. The predicted octanol–water partition coefficient (Wildman–Crippen LogP) is 9.02. The molecule has 0 heterocycles. The molecular formula is C38H51BrN2O5. The van der Waals surface area contributed by atoms with Gasteiger partial charge in [0.1, 0.15) is 0 Å². The number of ketones is 1. The third kappa shape index (κ3) is 13.1. The van der Waals surface area contributed by atoms with Crippen molar-refractivity contribution < 1.29 is 23.9 Å². The summed E-state index contributed by atoms with van der Waals surface area (Å²) in [6, 6.07) is 22.8. The summed E-state index contributed by atoms with van der Waals surface area (Å²) in [5.74, 6) is -0.488. The molecule has 7 nitrogen and oxygen atoms in total. The first-order valence-electron chi connectivity index (χ1n) is 16.1. The molecular weight excluding hydrogens is 644 g/mol. The van der Waals surface area contributed by atoms with Crippen LogP contribution in [0.3, 0.4) is 0 Å². The average Bonchev–Trinajstić information content (AvgIpc) is 3.07. The Labute approximate surface area is 284 Å². The van der Waals surface area contributed by atoms with Crippen molar-refractivity contribution in [1.29, 1.82) is 0 Å². The van der Waals surface area contributed by atoms with Gasteiger partial charge in [-0.15, -0.1) is 0 Å². The molecule has 0 aromatic heterocycles. The lowest BCUT2D eigenvalue weighted by Gasteiger charge is -2.34. The summed E-state index contributed by atoms with van der Waals surface area (Å²) in [6.07, 6.45) is 9.86. The number of ether oxygens (including phenoxy) is 2. The smallest absolute Gasteiger partial charge is 0.338 e. The predicted molar refractivity (Wildman–Crippen MR) is 190 cm³/mol. The Morgan fingerprint density at radius 2 is 1.35 bits per heavy atom. The van der Waals surface area contributed by atoms with Crippen LogP contribution < -0.4 is 5.73 Å². The number of esters is 2. The summed E-state index contributed by atoms with van der Waals surface area (Å²) in [4.78, 5) is 37.6. The Morgan fingerprint density at radius 3 is 1.87 bits per heavy atom. The maximum Gasteiger partial charge on any atom is 0.338 e. The number of nitrogens with two attached hydrogens (primary N) is 1. The van der Waals surface area contributed by atoms with Crippen molar-refractivity contribution >= 4 is 39.3 Å². The minimum atomic E-state index is -0.317. The second-order valence-corrected chi connectivity index (χ2v) is 12.2. The van der Waals surface area contributed by atoms with Gasteiger partial charge in [-0.25, -0.2) is 4.79 Å². The number of carbonyl (C=O) groups is 3. The largest absolute Gasteiger partial charge is 0.466 e. The first kappa shape index (κ1) is 38.7. The number of carbonyl (C=O) groups excluding carboxylic acids is 3. The van der Waals surface area contributed by atoms with Gasteiger partial charge in [-0.2, -0.15) is 0 Å². The van der Waals surface area contributed by atoms with Gasteiger partial charge in [0.15, 0.2) is 5.78 Å². The Morgan fingerprint density at radius 1 is 0.804 bits per heavy atom. The van der Waals surface area contributed by atoms with E-state index < -0.39 is 0 Å². The molecule has 1 aliphatic carbocycles. The first-order chi connectivity index (χ1) is 21.8. The lowest BCUT2D eigenvalue weighted by atomic mass is 9.93. The molecule has 0 bridgehead atoms. The van der Waals surface area contributed by atoms with Crippen molar-refractivity contribution in [3.8, 4) is 0 Å². The Balaban J connectivity index is 0.000000408. The number of halogens is 1. The fourth-order valence-corrected chi connectivity index (χ4v) is 5.96. The van der Waals surface area contributed by atoms with E-state index in [1.165, 1.54) is 39.0 Å². The molecule has 0 radical (unpaired) electrons. The molecule has 46 heavy (non-hydrogen) atoms. The zero-order chi connectivity index (χ0) is 32.4. The number of nitrogen functional groups attached to an aromatic ring is 1. The van der Waals surface area contributed by atoms with E-state index in [0.29, 0.717) is 30.5 Å². The van der Waals surface area contributed by atoms with E-state index >= 15 is 0 Å². The number of anilines is 1. The van der Waals surface area contributed by atoms with Crippen LogP contribution in [0.4, 0.5) is 5.69 Å². The van der Waals surface area contributed by atoms with E-state index in [9.17, 15) is 14.4 Å². The van der Waals surface area contributed by atoms with Crippen LogP contribution in [0.1, 0.15) is 111 Å². The fourth-order valence-electron chi connectivity index (χ4n) is 5.46. The van der Waals surface area contributed by atoms with Gasteiger partial charge >= 0.3 is 11.9 Å². The van der Waals surface area contributed by atoms with Gasteiger partial charge in [-0.1, -0.05) is 94.3 Å². The van der Waals surface area contributed by atoms with Crippen LogP contribution in [-0.2, 0) is 20.8 Å². The Bertz CT molecular complexity index is 1300. The van der Waals surface area contributed by atoms with Crippen LogP contribution in [0.15, 0.2) is 77.3 Å². The van der Waals surface area contributed by atoms with Crippen LogP contribution in [-0.4, -0.2) is 48.4 Å². The molecule has 8 heteroatoms. The first-order valence-corrected chi connectivity index (χ1v) is 16.9. The van der Waals surface area contributed by atoms with Gasteiger partial charge < -0.3 is 15.2 Å². The third-order valence-electron chi connectivity index (χ3n) is 7.97. The van der Waals surface area contributed by atoms with E-state index in [2.05, 4.69) is 27.8 Å². The van der Waals surface area contributed by atoms with Gasteiger partial charge in [0.2, 0.25) is 0 Å². The van der Waals surface area contributed by atoms with Gasteiger partial charge in [0.05, 0.1) is 24.5 Å². The molecule has 3 aromatic carbocycles. The molecule has 0 unspecified atom stereocenters. The summed E-state index contributed by atoms with van der Waals surface area (Å²) < 4.78 is 11.1. The molecule has 3 aromatic rings. The number of benzene rings is 3. The number of rotatable bonds is 14. The normalized spacial score (nSPS) is 12.8. The standard InChI is InChI=1S/C24H37BrN2O4.C13H10O.CH4/c1-3-27(21-11-7-6-8-12-21)17-20-15-19(16-22(25)23(20)26)24(29)31-14-10-5-4-9-13-30-18(2)28;14-13(11-7-3-1-4-8-11)12-9-5-2-6-10-12;/h15-16,21H,3-14,17,26H2,1-2H3;1-10H;1H4. The van der Waals surface area contributed by atoms with Crippen molar-refractivity contribution in [3.05, 3.63) is 99.5 Å². The molecule has 0 aliphatic heterocycles. The quantitative estimate of drug-likeness (QED) is 0.0778. The monoisotopic (exact) mass is 694 g/mol. The minimum Gasteiger partial charge on any atom is -0.466 e. The van der Waals surface area contributed by atoms with Crippen LogP contribution in [0.5, 0.6) is 0 Å². The molecule has 0 saturated heterocycles. The highest BCUT2D eigenvalue weighted by Crippen LogP contribution is 2.30. The molecule has 0 amide bonds. The van der Waals surface area contributed by atoms with Crippen LogP contribution in [0.25, 0.3) is 0 Å². The fraction of sp³-hybridized carbons (Fsp3) is 0.447. The van der Waals surface area contributed by atoms with Crippen molar-refractivity contribution in [2.45, 2.75) is 91.6 Å². The maximum atomic E-state index is 12.6. The third-order valence-corrected chi connectivity index (χ3v) is 8.63. The Hall–Kier alpha value is -3.49. The number of hydrogen-bond acceptors (Lipinski definition) is 7. The van der Waals surface area contributed by atoms with Crippen molar-refractivity contribution in [1.82, 2.24) is 4.90 Å². The average molecular weight is 696 g/mol. The molecule has 1 saturated carbocycles. The SMILES string of the molecule is C.CCN(Cc1cc(C(=O)OCCCCCCOC(C)=O)cc(Br)c1N)C1CCCCC1.O=C(c1ccccc1)c1ccccc1. The maximum absolute atomic E-state index is 12.6. The van der Waals surface area contributed by atoms with Crippen LogP contribution in [0, 0.1) is 0 Å². The van der Waals surface area contributed by atoms with Crippen molar-refractivity contribution in [2.75, 3.05) is 25.5 Å². The van der Waals surface area contributed by atoms with Gasteiger partial charge in [-0.05, 0) is 78.7 Å². The molecule has 0 atom stereocenters. The minimum absolute atomic E-state index is 0.